The Morgan fingerprint density at radius 1 is 1.23 bits per heavy atom. The van der Waals surface area contributed by atoms with E-state index in [-0.39, 0.29) is 6.10 Å². The van der Waals surface area contributed by atoms with Crippen LogP contribution in [-0.4, -0.2) is 19.8 Å². The van der Waals surface area contributed by atoms with Crippen LogP contribution in [0.2, 0.25) is 0 Å². The highest BCUT2D eigenvalue weighted by atomic mass is 16.5. The van der Waals surface area contributed by atoms with Gasteiger partial charge in [0.2, 0.25) is 0 Å². The first-order chi connectivity index (χ1) is 6.22. The Morgan fingerprint density at radius 3 is 2.38 bits per heavy atom. The van der Waals surface area contributed by atoms with Gasteiger partial charge in [0.25, 0.3) is 0 Å². The summed E-state index contributed by atoms with van der Waals surface area (Å²) in [5, 5.41) is 0. The highest BCUT2D eigenvalue weighted by molar-refractivity contribution is 5.26. The molecule has 1 aromatic rings. The summed E-state index contributed by atoms with van der Waals surface area (Å²) in [7, 11) is 1.68. The molecule has 0 aliphatic rings. The molecule has 0 bridgehead atoms. The zero-order valence-electron chi connectivity index (χ0n) is 8.41. The lowest BCUT2D eigenvalue weighted by atomic mass is 10.2. The van der Waals surface area contributed by atoms with Crippen LogP contribution < -0.4 is 4.74 Å². The van der Waals surface area contributed by atoms with Gasteiger partial charge in [0, 0.05) is 7.11 Å². The van der Waals surface area contributed by atoms with Gasteiger partial charge in [0.1, 0.15) is 12.4 Å². The van der Waals surface area contributed by atoms with E-state index >= 15 is 0 Å². The molecule has 1 unspecified atom stereocenters. The number of hydrogen-bond acceptors (Lipinski definition) is 2. The molecule has 0 heterocycles. The minimum absolute atomic E-state index is 0.140. The van der Waals surface area contributed by atoms with Crippen LogP contribution in [0.25, 0.3) is 0 Å². The van der Waals surface area contributed by atoms with Gasteiger partial charge in [0.05, 0.1) is 6.10 Å². The minimum atomic E-state index is 0.140. The molecule has 72 valence electrons. The van der Waals surface area contributed by atoms with Gasteiger partial charge in [-0.05, 0) is 26.0 Å². The van der Waals surface area contributed by atoms with E-state index in [1.54, 1.807) is 7.11 Å². The van der Waals surface area contributed by atoms with Crippen LogP contribution in [0.3, 0.4) is 0 Å². The van der Waals surface area contributed by atoms with Crippen molar-refractivity contribution in [2.45, 2.75) is 20.0 Å². The maximum absolute atomic E-state index is 5.49. The Kier molecular flexibility index (Phi) is 3.77. The summed E-state index contributed by atoms with van der Waals surface area (Å²) in [6.07, 6.45) is 0.140. The number of aryl methyl sites for hydroxylation is 1. The van der Waals surface area contributed by atoms with Crippen LogP contribution in [0.4, 0.5) is 0 Å². The summed E-state index contributed by atoms with van der Waals surface area (Å²) in [6.45, 7) is 4.63. The molecule has 0 radical (unpaired) electrons. The summed E-state index contributed by atoms with van der Waals surface area (Å²) in [6, 6.07) is 8.01. The number of rotatable bonds is 4. The van der Waals surface area contributed by atoms with Gasteiger partial charge in [-0.25, -0.2) is 0 Å². The number of ether oxygens (including phenoxy) is 2. The molecule has 0 N–H and O–H groups in total. The second-order valence-electron chi connectivity index (χ2n) is 3.17. The first kappa shape index (κ1) is 10.1. The molecule has 1 aromatic carbocycles. The van der Waals surface area contributed by atoms with Crippen molar-refractivity contribution in [2.24, 2.45) is 0 Å². The summed E-state index contributed by atoms with van der Waals surface area (Å²) >= 11 is 0. The van der Waals surface area contributed by atoms with Crippen LogP contribution in [0.1, 0.15) is 12.5 Å². The topological polar surface area (TPSA) is 18.5 Å². The van der Waals surface area contributed by atoms with E-state index in [1.807, 2.05) is 31.2 Å². The molecular weight excluding hydrogens is 164 g/mol. The van der Waals surface area contributed by atoms with E-state index in [9.17, 15) is 0 Å². The molecule has 0 aromatic heterocycles. The van der Waals surface area contributed by atoms with E-state index in [2.05, 4.69) is 6.92 Å². The summed E-state index contributed by atoms with van der Waals surface area (Å²) < 4.78 is 10.6. The lowest BCUT2D eigenvalue weighted by Gasteiger charge is -2.11. The van der Waals surface area contributed by atoms with Crippen LogP contribution >= 0.6 is 0 Å². The van der Waals surface area contributed by atoms with Gasteiger partial charge in [-0.2, -0.15) is 0 Å². The molecule has 2 heteroatoms. The molecule has 0 saturated heterocycles. The van der Waals surface area contributed by atoms with Gasteiger partial charge in [-0.3, -0.25) is 0 Å². The van der Waals surface area contributed by atoms with Crippen molar-refractivity contribution >= 4 is 0 Å². The monoisotopic (exact) mass is 180 g/mol. The van der Waals surface area contributed by atoms with Gasteiger partial charge in [-0.1, -0.05) is 17.7 Å². The van der Waals surface area contributed by atoms with Crippen molar-refractivity contribution in [2.75, 3.05) is 13.7 Å². The predicted molar refractivity (Wildman–Crippen MR) is 53.1 cm³/mol. The Bertz CT molecular complexity index is 241. The number of benzene rings is 1. The highest BCUT2D eigenvalue weighted by Gasteiger charge is 1.99. The molecule has 0 saturated carbocycles. The zero-order valence-corrected chi connectivity index (χ0v) is 8.41. The lowest BCUT2D eigenvalue weighted by molar-refractivity contribution is 0.0716. The Balaban J connectivity index is 2.41. The van der Waals surface area contributed by atoms with Gasteiger partial charge < -0.3 is 9.47 Å². The Labute approximate surface area is 79.5 Å². The van der Waals surface area contributed by atoms with Crippen LogP contribution in [0.15, 0.2) is 24.3 Å². The van der Waals surface area contributed by atoms with Crippen molar-refractivity contribution < 1.29 is 9.47 Å². The first-order valence-electron chi connectivity index (χ1n) is 4.44. The fourth-order valence-corrected chi connectivity index (χ4v) is 0.916. The van der Waals surface area contributed by atoms with Crippen molar-refractivity contribution in [3.05, 3.63) is 29.8 Å². The maximum atomic E-state index is 5.49. The van der Waals surface area contributed by atoms with E-state index < -0.39 is 0 Å². The normalized spacial score (nSPS) is 12.5. The second-order valence-corrected chi connectivity index (χ2v) is 3.17. The fourth-order valence-electron chi connectivity index (χ4n) is 0.916. The molecule has 13 heavy (non-hydrogen) atoms. The molecule has 1 rings (SSSR count). The molecule has 1 atom stereocenters. The average Bonchev–Trinajstić information content (AvgIpc) is 2.16. The molecule has 0 aliphatic carbocycles. The van der Waals surface area contributed by atoms with Crippen molar-refractivity contribution in [1.29, 1.82) is 0 Å². The van der Waals surface area contributed by atoms with E-state index in [0.717, 1.165) is 5.75 Å². The third kappa shape index (κ3) is 3.47. The summed E-state index contributed by atoms with van der Waals surface area (Å²) in [5.74, 6) is 0.898. The van der Waals surface area contributed by atoms with Crippen molar-refractivity contribution in [3.8, 4) is 5.75 Å². The quantitative estimate of drug-likeness (QED) is 0.708. The third-order valence-electron chi connectivity index (χ3n) is 1.91. The standard InChI is InChI=1S/C11H16O2/c1-9-4-6-11(7-5-9)13-8-10(2)12-3/h4-7,10H,8H2,1-3H3. The van der Waals surface area contributed by atoms with Gasteiger partial charge >= 0.3 is 0 Å². The smallest absolute Gasteiger partial charge is 0.119 e. The number of methoxy groups -OCH3 is 1. The molecule has 0 spiro atoms. The Hall–Kier alpha value is -1.02. The first-order valence-corrected chi connectivity index (χ1v) is 4.44. The predicted octanol–water partition coefficient (Wildman–Crippen LogP) is 2.41. The maximum Gasteiger partial charge on any atom is 0.119 e. The van der Waals surface area contributed by atoms with E-state index in [0.29, 0.717) is 6.61 Å². The van der Waals surface area contributed by atoms with Crippen molar-refractivity contribution in [1.82, 2.24) is 0 Å². The zero-order chi connectivity index (χ0) is 9.68. The molecule has 0 amide bonds. The minimum Gasteiger partial charge on any atom is -0.491 e. The fraction of sp³-hybridized carbons (Fsp3) is 0.455. The molecule has 0 fully saturated rings. The summed E-state index contributed by atoms with van der Waals surface area (Å²) in [5.41, 5.74) is 1.24. The van der Waals surface area contributed by atoms with Crippen LogP contribution in [0.5, 0.6) is 5.75 Å². The van der Waals surface area contributed by atoms with E-state index in [4.69, 9.17) is 9.47 Å². The molecular formula is C11H16O2. The van der Waals surface area contributed by atoms with Gasteiger partial charge in [0.15, 0.2) is 0 Å². The average molecular weight is 180 g/mol. The second kappa shape index (κ2) is 4.87. The highest BCUT2D eigenvalue weighted by Crippen LogP contribution is 2.11. The third-order valence-corrected chi connectivity index (χ3v) is 1.91. The van der Waals surface area contributed by atoms with Crippen LogP contribution in [-0.2, 0) is 4.74 Å². The van der Waals surface area contributed by atoms with Crippen LogP contribution in [0, 0.1) is 6.92 Å². The molecule has 2 nitrogen and oxygen atoms in total. The summed E-state index contributed by atoms with van der Waals surface area (Å²) in [4.78, 5) is 0. The van der Waals surface area contributed by atoms with Gasteiger partial charge in [-0.15, -0.1) is 0 Å². The largest absolute Gasteiger partial charge is 0.491 e. The number of hydrogen-bond donors (Lipinski definition) is 0. The lowest BCUT2D eigenvalue weighted by Crippen LogP contribution is -2.15. The molecule has 0 aliphatic heterocycles. The SMILES string of the molecule is COC(C)COc1ccc(C)cc1. The Morgan fingerprint density at radius 2 is 1.85 bits per heavy atom. The van der Waals surface area contributed by atoms with E-state index in [1.165, 1.54) is 5.56 Å². The van der Waals surface area contributed by atoms with Crippen molar-refractivity contribution in [3.63, 3.8) is 0 Å².